The molecule has 4 aliphatic rings. The highest BCUT2D eigenvalue weighted by Crippen LogP contribution is 2.55. The van der Waals surface area contributed by atoms with Gasteiger partial charge in [0.1, 0.15) is 12.1 Å². The van der Waals surface area contributed by atoms with Gasteiger partial charge in [-0.15, -0.1) is 11.3 Å². The Bertz CT molecular complexity index is 1850. The summed E-state index contributed by atoms with van der Waals surface area (Å²) in [5, 5.41) is 3.35. The molecule has 0 unspecified atom stereocenters. The number of pyridine rings is 1. The third-order valence-corrected chi connectivity index (χ3v) is 12.3. The summed E-state index contributed by atoms with van der Waals surface area (Å²) in [6.07, 6.45) is 7.58. The number of halogens is 1. The van der Waals surface area contributed by atoms with Gasteiger partial charge in [0.05, 0.1) is 4.88 Å². The maximum atomic E-state index is 14.3. The molecule has 5 atom stereocenters. The van der Waals surface area contributed by atoms with Crippen LogP contribution >= 0.6 is 18.9 Å². The Hall–Kier alpha value is -3.38. The van der Waals surface area contributed by atoms with E-state index in [1.165, 1.54) is 28.8 Å². The summed E-state index contributed by atoms with van der Waals surface area (Å²) < 4.78 is 27.8. The van der Waals surface area contributed by atoms with Crippen LogP contribution in [0.3, 0.4) is 0 Å². The number of aromatic nitrogens is 1. The molecule has 2 aromatic heterocycles. The van der Waals surface area contributed by atoms with Gasteiger partial charge >= 0.3 is 7.60 Å². The summed E-state index contributed by atoms with van der Waals surface area (Å²) in [5.74, 6) is -3.18. The minimum absolute atomic E-state index is 0.0477. The van der Waals surface area contributed by atoms with Gasteiger partial charge < -0.3 is 29.5 Å². The van der Waals surface area contributed by atoms with Crippen molar-refractivity contribution < 1.29 is 33.1 Å². The molecule has 0 bridgehead atoms. The number of carbonyl (C=O) groups is 3. The van der Waals surface area contributed by atoms with Crippen LogP contribution in [0.4, 0.5) is 4.39 Å². The number of hydrogen-bond donors (Lipinski definition) is 3. The van der Waals surface area contributed by atoms with Crippen molar-refractivity contribution in [3.05, 3.63) is 69.0 Å². The van der Waals surface area contributed by atoms with Gasteiger partial charge in [0.2, 0.25) is 17.7 Å². The minimum Gasteiger partial charge on any atom is -0.340 e. The minimum atomic E-state index is -4.98. The molecule has 4 fully saturated rings. The van der Waals surface area contributed by atoms with Crippen molar-refractivity contribution in [3.8, 4) is 0 Å². The molecule has 3 amide bonds. The number of carbonyl (C=O) groups excluding carboxylic acids is 3. The summed E-state index contributed by atoms with van der Waals surface area (Å²) >= 11 is 1.14. The number of hydrogen-bond acceptors (Lipinski definition) is 6. The van der Waals surface area contributed by atoms with E-state index >= 15 is 0 Å². The van der Waals surface area contributed by atoms with Gasteiger partial charge in [0, 0.05) is 48.1 Å². The fraction of sp³-hybridized carbons (Fsp3) is 0.500. The van der Waals surface area contributed by atoms with Gasteiger partial charge in [-0.1, -0.05) is 6.07 Å². The maximum Gasteiger partial charge on any atom is 0.363 e. The predicted octanol–water partition coefficient (Wildman–Crippen LogP) is 3.94. The van der Waals surface area contributed by atoms with E-state index < -0.39 is 31.5 Å². The molecule has 46 heavy (non-hydrogen) atoms. The van der Waals surface area contributed by atoms with Crippen LogP contribution in [0, 0.1) is 0 Å². The third kappa shape index (κ3) is 5.51. The van der Waals surface area contributed by atoms with Gasteiger partial charge in [0.15, 0.2) is 0 Å². The third-order valence-electron chi connectivity index (χ3n) is 10.3. The Labute approximate surface area is 268 Å². The largest absolute Gasteiger partial charge is 0.363 e. The molecular formula is C32H36FN4O7PS. The molecule has 1 saturated carbocycles. The lowest BCUT2D eigenvalue weighted by Gasteiger charge is -2.34. The Morgan fingerprint density at radius 3 is 2.59 bits per heavy atom. The number of rotatable bonds is 6. The molecule has 5 heterocycles. The first-order chi connectivity index (χ1) is 21.8. The molecule has 1 spiro atoms. The first-order valence-corrected chi connectivity index (χ1v) is 18.2. The molecule has 1 aromatic carbocycles. The smallest absolute Gasteiger partial charge is 0.340 e. The molecule has 0 radical (unpaired) electrons. The average Bonchev–Trinajstić information content (AvgIpc) is 3.34. The molecule has 11 nitrogen and oxygen atoms in total. The van der Waals surface area contributed by atoms with Crippen molar-refractivity contribution in [2.45, 2.75) is 86.9 Å². The standard InChI is InChI=1S/C32H36FN4O7PS/c1-35-12-9-18(15-27(35)38)21-16-32(10-11-32)36(17-21)31(41)24-7-6-22-3-2-4-23(30(40)37(22)24)34-29(39)26-14-20-13-19(5-8-25(20)46-26)28(33)45(42,43)44/h5,8-9,12-15,21-24,28H,2-4,6-7,10-11,16-17H2,1H3,(H,34,39)(H2,42,43,44)/t21-,22-,23-,24-,28-/m0/s1. The van der Waals surface area contributed by atoms with Gasteiger partial charge in [0.25, 0.3) is 11.5 Å². The summed E-state index contributed by atoms with van der Waals surface area (Å²) in [6, 6.07) is 7.78. The lowest BCUT2D eigenvalue weighted by atomic mass is 9.96. The highest BCUT2D eigenvalue weighted by Gasteiger charge is 2.58. The number of nitrogens with one attached hydrogen (secondary N) is 1. The number of nitrogens with zero attached hydrogens (tertiary/aromatic N) is 3. The second kappa shape index (κ2) is 11.4. The van der Waals surface area contributed by atoms with Crippen molar-refractivity contribution in [1.82, 2.24) is 19.7 Å². The van der Waals surface area contributed by atoms with E-state index in [1.54, 1.807) is 24.2 Å². The van der Waals surface area contributed by atoms with Crippen LogP contribution in [0.5, 0.6) is 0 Å². The number of amides is 3. The van der Waals surface area contributed by atoms with E-state index in [2.05, 4.69) is 5.32 Å². The first kappa shape index (κ1) is 31.2. The molecule has 244 valence electrons. The van der Waals surface area contributed by atoms with E-state index in [0.717, 1.165) is 49.0 Å². The summed E-state index contributed by atoms with van der Waals surface area (Å²) in [5.41, 5.74) is 0.456. The molecular weight excluding hydrogens is 634 g/mol. The average molecular weight is 671 g/mol. The molecule has 3 saturated heterocycles. The molecule has 3 N–H and O–H groups in total. The molecule has 1 aliphatic carbocycles. The van der Waals surface area contributed by atoms with Crippen LogP contribution in [0.2, 0.25) is 0 Å². The summed E-state index contributed by atoms with van der Waals surface area (Å²) in [4.78, 5) is 76.3. The van der Waals surface area contributed by atoms with Crippen LogP contribution in [-0.2, 0) is 21.2 Å². The number of alkyl halides is 1. The number of fused-ring (bicyclic) bond motifs is 2. The fourth-order valence-electron chi connectivity index (χ4n) is 7.69. The Morgan fingerprint density at radius 2 is 1.87 bits per heavy atom. The number of aryl methyl sites for hydroxylation is 1. The van der Waals surface area contributed by atoms with E-state index in [1.807, 2.05) is 11.0 Å². The van der Waals surface area contributed by atoms with E-state index in [9.17, 15) is 37.9 Å². The fourth-order valence-corrected chi connectivity index (χ4v) is 9.19. The topological polar surface area (TPSA) is 149 Å². The van der Waals surface area contributed by atoms with Crippen molar-refractivity contribution in [1.29, 1.82) is 0 Å². The van der Waals surface area contributed by atoms with Crippen molar-refractivity contribution in [3.63, 3.8) is 0 Å². The second-order valence-electron chi connectivity index (χ2n) is 13.3. The van der Waals surface area contributed by atoms with Crippen LogP contribution < -0.4 is 10.9 Å². The predicted molar refractivity (Wildman–Crippen MR) is 169 cm³/mol. The maximum absolute atomic E-state index is 14.3. The lowest BCUT2D eigenvalue weighted by Crippen LogP contribution is -2.56. The Balaban J connectivity index is 1.07. The Kier molecular flexibility index (Phi) is 7.74. The quantitative estimate of drug-likeness (QED) is 0.337. The van der Waals surface area contributed by atoms with Crippen molar-refractivity contribution >= 4 is 46.7 Å². The van der Waals surface area contributed by atoms with Gasteiger partial charge in [-0.3, -0.25) is 23.7 Å². The monoisotopic (exact) mass is 670 g/mol. The van der Waals surface area contributed by atoms with Gasteiger partial charge in [-0.2, -0.15) is 0 Å². The SMILES string of the molecule is Cn1ccc([C@@H]2CN(C(=O)[C@@H]3CC[C@@H]4CCC[C@H](NC(=O)c5cc6cc([C@@H](F)P(=O)(O)O)ccc6s5)C(=O)N43)C3(CC3)C2)cc1=O. The number of benzene rings is 1. The summed E-state index contributed by atoms with van der Waals surface area (Å²) in [6.45, 7) is 0.514. The van der Waals surface area contributed by atoms with E-state index in [4.69, 9.17) is 0 Å². The molecule has 7 rings (SSSR count). The van der Waals surface area contributed by atoms with Crippen LogP contribution in [0.1, 0.15) is 84.0 Å². The highest BCUT2D eigenvalue weighted by atomic mass is 32.1. The van der Waals surface area contributed by atoms with E-state index in [0.29, 0.717) is 35.9 Å². The van der Waals surface area contributed by atoms with Crippen molar-refractivity contribution in [2.75, 3.05) is 6.54 Å². The normalized spacial score (nSPS) is 26.3. The zero-order chi connectivity index (χ0) is 32.5. The van der Waals surface area contributed by atoms with Crippen molar-refractivity contribution in [2.24, 2.45) is 7.05 Å². The molecule has 14 heteroatoms. The highest BCUT2D eigenvalue weighted by molar-refractivity contribution is 7.51. The molecule has 3 aliphatic heterocycles. The summed E-state index contributed by atoms with van der Waals surface area (Å²) in [7, 11) is -3.27. The zero-order valence-electron chi connectivity index (χ0n) is 25.3. The van der Waals surface area contributed by atoms with Gasteiger partial charge in [-0.05, 0) is 92.1 Å². The lowest BCUT2D eigenvalue weighted by molar-refractivity contribution is -0.147. The first-order valence-electron chi connectivity index (χ1n) is 15.7. The van der Waals surface area contributed by atoms with Crippen LogP contribution in [-0.4, -0.2) is 72.1 Å². The van der Waals surface area contributed by atoms with Gasteiger partial charge in [-0.25, -0.2) is 4.39 Å². The van der Waals surface area contributed by atoms with Crippen LogP contribution in [0.15, 0.2) is 47.4 Å². The number of likely N-dealkylation sites (tertiary alicyclic amines) is 1. The van der Waals surface area contributed by atoms with Crippen LogP contribution in [0.25, 0.3) is 10.1 Å². The van der Waals surface area contributed by atoms with E-state index in [-0.39, 0.29) is 45.3 Å². The number of thiophene rings is 1. The Morgan fingerprint density at radius 1 is 1.09 bits per heavy atom. The zero-order valence-corrected chi connectivity index (χ0v) is 27.0. The second-order valence-corrected chi connectivity index (χ2v) is 16.0. The molecule has 3 aromatic rings.